The summed E-state index contributed by atoms with van der Waals surface area (Å²) in [5.41, 5.74) is 14.5. The predicted octanol–water partition coefficient (Wildman–Crippen LogP) is 14.0. The van der Waals surface area contributed by atoms with E-state index in [0.29, 0.717) is 5.02 Å². The third-order valence-corrected chi connectivity index (χ3v) is 12.4. The summed E-state index contributed by atoms with van der Waals surface area (Å²) in [6.07, 6.45) is 5.36. The summed E-state index contributed by atoms with van der Waals surface area (Å²) in [6, 6.07) is 63.3. The third-order valence-electron chi connectivity index (χ3n) is 12.0. The zero-order chi connectivity index (χ0) is 34.6. The first-order valence-corrected chi connectivity index (χ1v) is 19.0. The molecule has 1 spiro atoms. The van der Waals surface area contributed by atoms with E-state index in [1.165, 1.54) is 59.1 Å². The fraction of sp³-hybridized carbons (Fsp3) is 0.143. The Labute approximate surface area is 311 Å². The Balaban J connectivity index is 1.12. The molecule has 0 amide bonds. The second kappa shape index (κ2) is 12.6. The maximum Gasteiger partial charge on any atom is 0.0887 e. The molecule has 0 aliphatic heterocycles. The second-order valence-corrected chi connectivity index (χ2v) is 15.1. The summed E-state index contributed by atoms with van der Waals surface area (Å²) in [5, 5.41) is 0.688. The number of rotatable bonds is 7. The Kier molecular flexibility index (Phi) is 7.55. The highest BCUT2D eigenvalue weighted by atomic mass is 35.5. The monoisotopic (exact) mass is 690 g/mol. The minimum absolute atomic E-state index is 0.148. The molecule has 2 fully saturated rings. The van der Waals surface area contributed by atoms with E-state index in [1.54, 1.807) is 0 Å². The van der Waals surface area contributed by atoms with Crippen LogP contribution >= 0.6 is 11.6 Å². The fourth-order valence-electron chi connectivity index (χ4n) is 9.82. The van der Waals surface area contributed by atoms with Crippen LogP contribution in [0.1, 0.15) is 36.8 Å². The van der Waals surface area contributed by atoms with Gasteiger partial charge in [-0.3, -0.25) is 0 Å². The number of hydrogen-bond donors (Lipinski definition) is 0. The largest absolute Gasteiger partial charge is 0.309 e. The van der Waals surface area contributed by atoms with E-state index < -0.39 is 0 Å². The molecule has 0 saturated heterocycles. The summed E-state index contributed by atoms with van der Waals surface area (Å²) in [4.78, 5) is 4.60. The lowest BCUT2D eigenvalue weighted by molar-refractivity contribution is 0.327. The SMILES string of the molecule is Clc1c(N(c2ccccc2)c2ccc(-c3ccccc3)cc2)cccc1N(c1ccccc1)c1ccc2c(c1)-c1ccccc1C21CC2CCC1C2. The Bertz CT molecular complexity index is 2390. The molecule has 0 heterocycles. The van der Waals surface area contributed by atoms with E-state index in [4.69, 9.17) is 11.6 Å². The van der Waals surface area contributed by atoms with Crippen molar-refractivity contribution in [1.29, 1.82) is 0 Å². The molecule has 52 heavy (non-hydrogen) atoms. The summed E-state index contributed by atoms with van der Waals surface area (Å²) < 4.78 is 0. The minimum atomic E-state index is 0.148. The first kappa shape index (κ1) is 31.2. The highest BCUT2D eigenvalue weighted by molar-refractivity contribution is 6.36. The van der Waals surface area contributed by atoms with Gasteiger partial charge < -0.3 is 9.80 Å². The molecule has 7 aromatic rings. The topological polar surface area (TPSA) is 6.48 Å². The number of nitrogens with zero attached hydrogens (tertiary/aromatic N) is 2. The van der Waals surface area contributed by atoms with Crippen LogP contribution in [0.5, 0.6) is 0 Å². The molecule has 10 rings (SSSR count). The number of para-hydroxylation sites is 2. The Morgan fingerprint density at radius 1 is 0.462 bits per heavy atom. The van der Waals surface area contributed by atoms with Crippen molar-refractivity contribution in [1.82, 2.24) is 0 Å². The van der Waals surface area contributed by atoms with Crippen LogP contribution in [0.3, 0.4) is 0 Å². The first-order chi connectivity index (χ1) is 25.7. The van der Waals surface area contributed by atoms with Crippen LogP contribution < -0.4 is 9.80 Å². The molecule has 252 valence electrons. The lowest BCUT2D eigenvalue weighted by atomic mass is 9.67. The van der Waals surface area contributed by atoms with Crippen LogP contribution in [0.25, 0.3) is 22.3 Å². The first-order valence-electron chi connectivity index (χ1n) is 18.6. The van der Waals surface area contributed by atoms with Gasteiger partial charge in [0.2, 0.25) is 0 Å². The zero-order valence-corrected chi connectivity index (χ0v) is 29.8. The van der Waals surface area contributed by atoms with E-state index in [1.807, 2.05) is 0 Å². The number of anilines is 6. The van der Waals surface area contributed by atoms with Gasteiger partial charge in [-0.1, -0.05) is 133 Å². The molecule has 0 aromatic heterocycles. The molecule has 3 aliphatic carbocycles. The van der Waals surface area contributed by atoms with Gasteiger partial charge in [-0.25, -0.2) is 0 Å². The third kappa shape index (κ3) is 4.93. The molecule has 0 radical (unpaired) electrons. The van der Waals surface area contributed by atoms with E-state index in [2.05, 4.69) is 186 Å². The van der Waals surface area contributed by atoms with Crippen molar-refractivity contribution in [3.05, 3.63) is 192 Å². The normalized spacial score (nSPS) is 19.4. The van der Waals surface area contributed by atoms with Gasteiger partial charge in [0.25, 0.3) is 0 Å². The van der Waals surface area contributed by atoms with Gasteiger partial charge in [-0.2, -0.15) is 0 Å². The van der Waals surface area contributed by atoms with Gasteiger partial charge >= 0.3 is 0 Å². The highest BCUT2D eigenvalue weighted by Crippen LogP contribution is 2.66. The maximum absolute atomic E-state index is 7.68. The average molecular weight is 691 g/mol. The van der Waals surface area contributed by atoms with Crippen LogP contribution in [-0.2, 0) is 5.41 Å². The van der Waals surface area contributed by atoms with Crippen molar-refractivity contribution in [2.75, 3.05) is 9.80 Å². The molecule has 2 bridgehead atoms. The molecule has 3 atom stereocenters. The summed E-state index contributed by atoms with van der Waals surface area (Å²) >= 11 is 7.68. The summed E-state index contributed by atoms with van der Waals surface area (Å²) in [7, 11) is 0. The Morgan fingerprint density at radius 2 is 1.00 bits per heavy atom. The van der Waals surface area contributed by atoms with Crippen molar-refractivity contribution < 1.29 is 0 Å². The van der Waals surface area contributed by atoms with Gasteiger partial charge in [0, 0.05) is 28.2 Å². The number of benzene rings is 7. The highest BCUT2D eigenvalue weighted by Gasteiger charge is 2.56. The number of hydrogen-bond acceptors (Lipinski definition) is 2. The lowest BCUT2D eigenvalue weighted by Crippen LogP contribution is -2.31. The van der Waals surface area contributed by atoms with Crippen LogP contribution in [0.15, 0.2) is 176 Å². The predicted molar refractivity (Wildman–Crippen MR) is 218 cm³/mol. The average Bonchev–Trinajstić information content (AvgIpc) is 3.91. The summed E-state index contributed by atoms with van der Waals surface area (Å²) in [5.74, 6) is 1.57. The van der Waals surface area contributed by atoms with Crippen LogP contribution in [0, 0.1) is 11.8 Å². The van der Waals surface area contributed by atoms with E-state index in [0.717, 1.165) is 46.0 Å². The Hall–Kier alpha value is -5.57. The molecule has 2 saturated carbocycles. The van der Waals surface area contributed by atoms with Crippen LogP contribution in [-0.4, -0.2) is 0 Å². The molecular weight excluding hydrogens is 652 g/mol. The summed E-state index contributed by atoms with van der Waals surface area (Å²) in [6.45, 7) is 0. The van der Waals surface area contributed by atoms with E-state index >= 15 is 0 Å². The molecular formula is C49H39ClN2. The van der Waals surface area contributed by atoms with Crippen LogP contribution in [0.4, 0.5) is 34.1 Å². The van der Waals surface area contributed by atoms with Crippen LogP contribution in [0.2, 0.25) is 5.02 Å². The van der Waals surface area contributed by atoms with Gasteiger partial charge in [-0.15, -0.1) is 0 Å². The number of halogens is 1. The van der Waals surface area contributed by atoms with Crippen molar-refractivity contribution in [3.8, 4) is 22.3 Å². The van der Waals surface area contributed by atoms with E-state index in [-0.39, 0.29) is 5.41 Å². The van der Waals surface area contributed by atoms with Gasteiger partial charge in [-0.05, 0) is 125 Å². The standard InChI is InChI=1S/C49H39ClN2/c50-48-46(51(38-15-6-2-7-16-38)40-27-24-36(25-28-40)35-13-4-1-5-14-35)21-12-22-47(48)52(39-17-8-3-9-18-39)41-29-30-45-43(32-41)42-19-10-11-20-44(42)49(45)33-34-23-26-37(49)31-34/h1-22,24-25,27-30,32,34,37H,23,26,31,33H2. The van der Waals surface area contributed by atoms with Crippen molar-refractivity contribution >= 4 is 45.7 Å². The lowest BCUT2D eigenvalue weighted by Gasteiger charge is -2.36. The molecule has 0 N–H and O–H groups in total. The van der Waals surface area contributed by atoms with Crippen molar-refractivity contribution in [2.45, 2.75) is 31.1 Å². The molecule has 3 unspecified atom stereocenters. The number of fused-ring (bicyclic) bond motifs is 8. The van der Waals surface area contributed by atoms with Crippen molar-refractivity contribution in [2.24, 2.45) is 11.8 Å². The smallest absolute Gasteiger partial charge is 0.0887 e. The quantitative estimate of drug-likeness (QED) is 0.164. The molecule has 3 heteroatoms. The molecule has 2 nitrogen and oxygen atoms in total. The van der Waals surface area contributed by atoms with Gasteiger partial charge in [0.05, 0.1) is 16.4 Å². The molecule has 3 aliphatic rings. The van der Waals surface area contributed by atoms with E-state index in [9.17, 15) is 0 Å². The Morgan fingerprint density at radius 3 is 1.63 bits per heavy atom. The fourth-order valence-corrected chi connectivity index (χ4v) is 10.1. The van der Waals surface area contributed by atoms with Gasteiger partial charge in [0.15, 0.2) is 0 Å². The second-order valence-electron chi connectivity index (χ2n) is 14.7. The van der Waals surface area contributed by atoms with Gasteiger partial charge in [0.1, 0.15) is 0 Å². The molecule has 7 aromatic carbocycles. The zero-order valence-electron chi connectivity index (χ0n) is 29.0. The van der Waals surface area contributed by atoms with Crippen molar-refractivity contribution in [3.63, 3.8) is 0 Å². The minimum Gasteiger partial charge on any atom is -0.309 e. The maximum atomic E-state index is 7.68.